The lowest BCUT2D eigenvalue weighted by Crippen LogP contribution is -2.43. The van der Waals surface area contributed by atoms with Crippen LogP contribution in [0.25, 0.3) is 5.57 Å². The number of carbonyl (C=O) groups excluding carboxylic acids is 2. The van der Waals surface area contributed by atoms with Gasteiger partial charge in [0.15, 0.2) is 5.57 Å². The molecule has 0 N–H and O–H groups in total. The van der Waals surface area contributed by atoms with E-state index in [1.54, 1.807) is 30.0 Å². The van der Waals surface area contributed by atoms with E-state index in [1.165, 1.54) is 13.8 Å². The summed E-state index contributed by atoms with van der Waals surface area (Å²) < 4.78 is 10.4. The second kappa shape index (κ2) is 6.13. The zero-order valence-corrected chi connectivity index (χ0v) is 16.2. The van der Waals surface area contributed by atoms with Crippen molar-refractivity contribution in [2.45, 2.75) is 29.4 Å². The van der Waals surface area contributed by atoms with Crippen LogP contribution in [0.3, 0.4) is 0 Å². The molecule has 138 valence electrons. The molecule has 1 fully saturated rings. The van der Waals surface area contributed by atoms with Crippen LogP contribution >= 0.6 is 11.8 Å². The van der Waals surface area contributed by atoms with Gasteiger partial charge in [-0.15, -0.1) is 0 Å². The Bertz CT molecular complexity index is 1080. The van der Waals surface area contributed by atoms with Crippen molar-refractivity contribution in [1.82, 2.24) is 0 Å². The van der Waals surface area contributed by atoms with E-state index in [-0.39, 0.29) is 5.57 Å². The van der Waals surface area contributed by atoms with Crippen LogP contribution in [0.4, 0.5) is 11.4 Å². The highest BCUT2D eigenvalue weighted by molar-refractivity contribution is 7.99. The lowest BCUT2D eigenvalue weighted by atomic mass is 10.1. The third kappa shape index (κ3) is 3.19. The van der Waals surface area contributed by atoms with Gasteiger partial charge in [0, 0.05) is 43.4 Å². The number of hydrogen-bond acceptors (Lipinski definition) is 7. The van der Waals surface area contributed by atoms with Crippen molar-refractivity contribution in [3.8, 4) is 0 Å². The Hall–Kier alpha value is -2.80. The van der Waals surface area contributed by atoms with Gasteiger partial charge in [-0.3, -0.25) is 0 Å². The van der Waals surface area contributed by atoms with Gasteiger partial charge in [0.1, 0.15) is 0 Å². The van der Waals surface area contributed by atoms with Gasteiger partial charge in [-0.05, 0) is 35.6 Å². The Morgan fingerprint density at radius 1 is 0.963 bits per heavy atom. The summed E-state index contributed by atoms with van der Waals surface area (Å²) in [6.45, 7) is 3.06. The zero-order valence-electron chi connectivity index (χ0n) is 15.4. The van der Waals surface area contributed by atoms with Crippen LogP contribution in [-0.4, -0.2) is 31.8 Å². The molecule has 6 nitrogen and oxygen atoms in total. The fourth-order valence-electron chi connectivity index (χ4n) is 2.94. The molecular formula is C20H18N2O4S. The number of benzene rings is 2. The molecule has 0 unspecified atom stereocenters. The van der Waals surface area contributed by atoms with E-state index in [4.69, 9.17) is 9.47 Å². The fourth-order valence-corrected chi connectivity index (χ4v) is 3.97. The number of esters is 2. The molecule has 0 saturated carbocycles. The minimum Gasteiger partial charge on any atom is -0.419 e. The average Bonchev–Trinajstić information content (AvgIpc) is 2.57. The van der Waals surface area contributed by atoms with Crippen molar-refractivity contribution in [2.24, 2.45) is 4.99 Å². The van der Waals surface area contributed by atoms with Crippen molar-refractivity contribution < 1.29 is 19.1 Å². The van der Waals surface area contributed by atoms with Gasteiger partial charge < -0.3 is 14.4 Å². The van der Waals surface area contributed by atoms with E-state index in [2.05, 4.69) is 11.1 Å². The zero-order chi connectivity index (χ0) is 19.3. The van der Waals surface area contributed by atoms with Crippen LogP contribution in [0.15, 0.2) is 51.2 Å². The van der Waals surface area contributed by atoms with Crippen LogP contribution in [0.1, 0.15) is 13.8 Å². The summed E-state index contributed by atoms with van der Waals surface area (Å²) in [6.07, 6.45) is 0. The molecule has 27 heavy (non-hydrogen) atoms. The summed E-state index contributed by atoms with van der Waals surface area (Å²) in [5, 5.41) is 1.27. The lowest BCUT2D eigenvalue weighted by Gasteiger charge is -2.29. The van der Waals surface area contributed by atoms with Gasteiger partial charge in [0.05, 0.1) is 11.0 Å². The normalized spacial score (nSPS) is 17.3. The van der Waals surface area contributed by atoms with E-state index < -0.39 is 17.7 Å². The maximum absolute atomic E-state index is 12.3. The number of hydrogen-bond donors (Lipinski definition) is 0. The number of rotatable bonds is 1. The Labute approximate surface area is 160 Å². The first-order valence-electron chi connectivity index (χ1n) is 8.42. The molecule has 0 atom stereocenters. The van der Waals surface area contributed by atoms with Crippen molar-refractivity contribution in [1.29, 1.82) is 0 Å². The predicted molar refractivity (Wildman–Crippen MR) is 101 cm³/mol. The quantitative estimate of drug-likeness (QED) is 0.601. The molecule has 2 aromatic carbocycles. The first-order valence-corrected chi connectivity index (χ1v) is 9.24. The van der Waals surface area contributed by atoms with Crippen molar-refractivity contribution in [3.63, 3.8) is 0 Å². The van der Waals surface area contributed by atoms with Crippen LogP contribution in [0.2, 0.25) is 0 Å². The molecule has 2 aromatic rings. The molecule has 0 radical (unpaired) electrons. The van der Waals surface area contributed by atoms with Gasteiger partial charge >= 0.3 is 11.9 Å². The number of nitrogens with zero attached hydrogens (tertiary/aromatic N) is 2. The molecule has 0 spiro atoms. The third-order valence-electron chi connectivity index (χ3n) is 4.25. The topological polar surface area (TPSA) is 68.2 Å². The molecular weight excluding hydrogens is 364 g/mol. The molecule has 2 aliphatic rings. The second-order valence-electron chi connectivity index (χ2n) is 7.00. The standard InChI is InChI=1S/C20H18N2O4S/c1-20(2)25-18(23)17(19(24)26-20)11-5-7-13-15(9-11)27-16-10-12(22(3)4)6-8-14(16)21-13/h5-10H,1-4H3. The number of carbonyl (C=O) groups is 2. The summed E-state index contributed by atoms with van der Waals surface area (Å²) in [6, 6.07) is 11.4. The highest BCUT2D eigenvalue weighted by Gasteiger charge is 2.39. The minimum absolute atomic E-state index is 0.0921. The summed E-state index contributed by atoms with van der Waals surface area (Å²) in [5.74, 6) is -2.61. The van der Waals surface area contributed by atoms with Crippen LogP contribution in [0.5, 0.6) is 0 Å². The Balaban J connectivity index is 1.82. The highest BCUT2D eigenvalue weighted by atomic mass is 32.2. The summed E-state index contributed by atoms with van der Waals surface area (Å²) >= 11 is 1.56. The first kappa shape index (κ1) is 17.6. The molecule has 0 aromatic heterocycles. The van der Waals surface area contributed by atoms with E-state index in [0.717, 1.165) is 26.5 Å². The Morgan fingerprint density at radius 2 is 1.67 bits per heavy atom. The summed E-state index contributed by atoms with van der Waals surface area (Å²) in [4.78, 5) is 33.2. The van der Waals surface area contributed by atoms with Crippen molar-refractivity contribution >= 4 is 40.6 Å². The number of ether oxygens (including phenoxy) is 2. The van der Waals surface area contributed by atoms with Gasteiger partial charge in [0.25, 0.3) is 5.79 Å². The number of anilines is 1. The fraction of sp³-hybridized carbons (Fsp3) is 0.250. The van der Waals surface area contributed by atoms with Crippen LogP contribution < -0.4 is 15.5 Å². The SMILES string of the molecule is CN(C)c1ccc2c(c1)Sc1cc(=C3C(=O)OC(C)(C)OC3=O)ccc1=N2. The summed E-state index contributed by atoms with van der Waals surface area (Å²) in [7, 11) is 3.97. The molecule has 2 heterocycles. The molecule has 0 amide bonds. The molecule has 0 aliphatic carbocycles. The van der Waals surface area contributed by atoms with Gasteiger partial charge in [-0.2, -0.15) is 0 Å². The van der Waals surface area contributed by atoms with E-state index in [1.807, 2.05) is 31.1 Å². The molecule has 1 saturated heterocycles. The number of fused-ring (bicyclic) bond motifs is 2. The largest absolute Gasteiger partial charge is 0.419 e. The Morgan fingerprint density at radius 3 is 2.33 bits per heavy atom. The number of cyclic esters (lactones) is 2. The molecule has 7 heteroatoms. The highest BCUT2D eigenvalue weighted by Crippen LogP contribution is 2.38. The predicted octanol–water partition coefficient (Wildman–Crippen LogP) is 2.16. The smallest absolute Gasteiger partial charge is 0.349 e. The monoisotopic (exact) mass is 382 g/mol. The Kier molecular flexibility index (Phi) is 3.99. The lowest BCUT2D eigenvalue weighted by molar-refractivity contribution is -0.217. The second-order valence-corrected chi connectivity index (χ2v) is 8.08. The van der Waals surface area contributed by atoms with Crippen LogP contribution in [0, 0.1) is 0 Å². The molecule has 4 rings (SSSR count). The first-order chi connectivity index (χ1) is 12.7. The molecule has 2 aliphatic heterocycles. The van der Waals surface area contributed by atoms with Crippen molar-refractivity contribution in [2.75, 3.05) is 19.0 Å². The van der Waals surface area contributed by atoms with Gasteiger partial charge in [-0.1, -0.05) is 17.8 Å². The third-order valence-corrected chi connectivity index (χ3v) is 5.35. The maximum atomic E-state index is 12.3. The average molecular weight is 382 g/mol. The van der Waals surface area contributed by atoms with Crippen molar-refractivity contribution in [3.05, 3.63) is 47.0 Å². The van der Waals surface area contributed by atoms with Crippen LogP contribution in [-0.2, 0) is 19.1 Å². The maximum Gasteiger partial charge on any atom is 0.349 e. The van der Waals surface area contributed by atoms with E-state index >= 15 is 0 Å². The van der Waals surface area contributed by atoms with E-state index in [9.17, 15) is 9.59 Å². The van der Waals surface area contributed by atoms with Gasteiger partial charge in [-0.25, -0.2) is 14.6 Å². The molecule has 0 bridgehead atoms. The van der Waals surface area contributed by atoms with Gasteiger partial charge in [0.2, 0.25) is 0 Å². The minimum atomic E-state index is -1.25. The van der Waals surface area contributed by atoms with E-state index in [0.29, 0.717) is 5.22 Å². The summed E-state index contributed by atoms with van der Waals surface area (Å²) in [5.41, 5.74) is 1.88.